The number of rotatable bonds is 2. The highest BCUT2D eigenvalue weighted by Crippen LogP contribution is 2.25. The van der Waals surface area contributed by atoms with Crippen molar-refractivity contribution >= 4 is 29.0 Å². The maximum Gasteiger partial charge on any atom is 0.259 e. The molecule has 0 bridgehead atoms. The van der Waals surface area contributed by atoms with E-state index in [9.17, 15) is 4.79 Å². The first kappa shape index (κ1) is 14.5. The molecule has 0 spiro atoms. The van der Waals surface area contributed by atoms with Gasteiger partial charge in [-0.25, -0.2) is 9.97 Å². The number of piperazine rings is 1. The summed E-state index contributed by atoms with van der Waals surface area (Å²) in [6.07, 6.45) is 6.11. The number of nitrogens with zero attached hydrogens (tertiary/aromatic N) is 5. The molecule has 2 aromatic rings. The number of hydrogen-bond acceptors (Lipinski definition) is 6. The Kier molecular flexibility index (Phi) is 4.06. The Morgan fingerprint density at radius 2 is 1.95 bits per heavy atom. The van der Waals surface area contributed by atoms with Crippen molar-refractivity contribution in [2.45, 2.75) is 0 Å². The average Bonchev–Trinajstić information content (AvgIpc) is 2.55. The van der Waals surface area contributed by atoms with Crippen LogP contribution in [-0.4, -0.2) is 51.9 Å². The molecule has 1 saturated heterocycles. The molecule has 114 valence electrons. The first-order valence-corrected chi connectivity index (χ1v) is 7.24. The van der Waals surface area contributed by atoms with Gasteiger partial charge in [0.25, 0.3) is 5.91 Å². The van der Waals surface area contributed by atoms with Crippen LogP contribution in [0.4, 0.5) is 11.5 Å². The summed E-state index contributed by atoms with van der Waals surface area (Å²) in [7, 11) is 0. The van der Waals surface area contributed by atoms with Gasteiger partial charge in [0.05, 0.1) is 16.3 Å². The fourth-order valence-corrected chi connectivity index (χ4v) is 2.69. The van der Waals surface area contributed by atoms with Gasteiger partial charge in [-0.1, -0.05) is 11.6 Å². The molecule has 3 rings (SSSR count). The minimum atomic E-state index is -0.140. The quantitative estimate of drug-likeness (QED) is 0.891. The second kappa shape index (κ2) is 6.15. The molecule has 3 heterocycles. The van der Waals surface area contributed by atoms with Crippen molar-refractivity contribution in [3.8, 4) is 0 Å². The van der Waals surface area contributed by atoms with Gasteiger partial charge >= 0.3 is 0 Å². The van der Waals surface area contributed by atoms with Gasteiger partial charge in [-0.3, -0.25) is 9.78 Å². The van der Waals surface area contributed by atoms with Crippen LogP contribution in [0.5, 0.6) is 0 Å². The van der Waals surface area contributed by atoms with Crippen LogP contribution in [0.2, 0.25) is 5.02 Å². The van der Waals surface area contributed by atoms with Crippen LogP contribution in [-0.2, 0) is 0 Å². The zero-order chi connectivity index (χ0) is 15.5. The van der Waals surface area contributed by atoms with E-state index in [2.05, 4.69) is 19.9 Å². The standard InChI is InChI=1S/C14H15ClN6O/c15-11-8-17-2-1-12(11)20-3-5-21(6-4-20)14(22)10-7-18-9-19-13(10)16/h1-2,7-9H,3-6H2,(H2,16,18,19). The summed E-state index contributed by atoms with van der Waals surface area (Å²) >= 11 is 6.16. The zero-order valence-electron chi connectivity index (χ0n) is 11.8. The number of nitrogens with two attached hydrogens (primary N) is 1. The molecule has 8 heteroatoms. The fraction of sp³-hybridized carbons (Fsp3) is 0.286. The van der Waals surface area contributed by atoms with E-state index >= 15 is 0 Å². The molecule has 1 aliphatic rings. The van der Waals surface area contributed by atoms with Gasteiger partial charge in [0.15, 0.2) is 0 Å². The predicted octanol–water partition coefficient (Wildman–Crippen LogP) is 1.07. The third-order valence-electron chi connectivity index (χ3n) is 3.63. The molecular weight excluding hydrogens is 304 g/mol. The first-order chi connectivity index (χ1) is 10.7. The molecule has 2 N–H and O–H groups in total. The summed E-state index contributed by atoms with van der Waals surface area (Å²) in [5, 5.41) is 0.614. The minimum Gasteiger partial charge on any atom is -0.383 e. The van der Waals surface area contributed by atoms with E-state index in [0.717, 1.165) is 5.69 Å². The van der Waals surface area contributed by atoms with E-state index in [-0.39, 0.29) is 11.7 Å². The fourth-order valence-electron chi connectivity index (χ4n) is 2.45. The van der Waals surface area contributed by atoms with Gasteiger partial charge in [0.1, 0.15) is 12.1 Å². The van der Waals surface area contributed by atoms with Crippen LogP contribution in [0.15, 0.2) is 31.0 Å². The second-order valence-electron chi connectivity index (χ2n) is 4.93. The summed E-state index contributed by atoms with van der Waals surface area (Å²) in [6.45, 7) is 2.57. The largest absolute Gasteiger partial charge is 0.383 e. The van der Waals surface area contributed by atoms with Crippen molar-refractivity contribution in [1.29, 1.82) is 0 Å². The van der Waals surface area contributed by atoms with Gasteiger partial charge in [0.2, 0.25) is 0 Å². The van der Waals surface area contributed by atoms with Crippen molar-refractivity contribution < 1.29 is 4.79 Å². The highest BCUT2D eigenvalue weighted by Gasteiger charge is 2.24. The molecule has 0 atom stereocenters. The summed E-state index contributed by atoms with van der Waals surface area (Å²) in [4.78, 5) is 28.0. The lowest BCUT2D eigenvalue weighted by atomic mass is 10.2. The van der Waals surface area contributed by atoms with Crippen molar-refractivity contribution in [2.75, 3.05) is 36.8 Å². The second-order valence-corrected chi connectivity index (χ2v) is 5.34. The average molecular weight is 319 g/mol. The minimum absolute atomic E-state index is 0.140. The SMILES string of the molecule is Nc1ncncc1C(=O)N1CCN(c2ccncc2Cl)CC1. The van der Waals surface area contributed by atoms with Crippen LogP contribution in [0, 0.1) is 0 Å². The Morgan fingerprint density at radius 1 is 1.18 bits per heavy atom. The maximum atomic E-state index is 12.4. The number of amides is 1. The maximum absolute atomic E-state index is 12.4. The Hall–Kier alpha value is -2.41. The highest BCUT2D eigenvalue weighted by molar-refractivity contribution is 6.33. The molecule has 0 aromatic carbocycles. The normalized spacial score (nSPS) is 15.0. The number of nitrogen functional groups attached to an aromatic ring is 1. The first-order valence-electron chi connectivity index (χ1n) is 6.86. The summed E-state index contributed by atoms with van der Waals surface area (Å²) in [5.41, 5.74) is 7.01. The van der Waals surface area contributed by atoms with Gasteiger partial charge in [0, 0.05) is 44.8 Å². The molecule has 0 saturated carbocycles. The van der Waals surface area contributed by atoms with E-state index < -0.39 is 0 Å². The Balaban J connectivity index is 1.68. The summed E-state index contributed by atoms with van der Waals surface area (Å²) in [6, 6.07) is 1.88. The third kappa shape index (κ3) is 2.80. The van der Waals surface area contributed by atoms with Crippen LogP contribution < -0.4 is 10.6 Å². The van der Waals surface area contributed by atoms with Crippen LogP contribution in [0.25, 0.3) is 0 Å². The number of halogens is 1. The third-order valence-corrected chi connectivity index (χ3v) is 3.92. The van der Waals surface area contributed by atoms with Crippen molar-refractivity contribution in [1.82, 2.24) is 19.9 Å². The van der Waals surface area contributed by atoms with Crippen molar-refractivity contribution in [3.63, 3.8) is 0 Å². The molecule has 1 aliphatic heterocycles. The summed E-state index contributed by atoms with van der Waals surface area (Å²) < 4.78 is 0. The lowest BCUT2D eigenvalue weighted by Gasteiger charge is -2.36. The number of carbonyl (C=O) groups is 1. The number of carbonyl (C=O) groups excluding carboxylic acids is 1. The van der Waals surface area contributed by atoms with Crippen LogP contribution >= 0.6 is 11.6 Å². The molecule has 0 unspecified atom stereocenters. The molecule has 22 heavy (non-hydrogen) atoms. The molecule has 7 nitrogen and oxygen atoms in total. The number of pyridine rings is 1. The molecule has 0 aliphatic carbocycles. The topological polar surface area (TPSA) is 88.2 Å². The van der Waals surface area contributed by atoms with Crippen LogP contribution in [0.3, 0.4) is 0 Å². The Bertz CT molecular complexity index is 687. The van der Waals surface area contributed by atoms with Crippen molar-refractivity contribution in [2.24, 2.45) is 0 Å². The molecule has 1 amide bonds. The smallest absolute Gasteiger partial charge is 0.259 e. The Morgan fingerprint density at radius 3 is 2.64 bits per heavy atom. The van der Waals surface area contributed by atoms with Gasteiger partial charge < -0.3 is 15.5 Å². The summed E-state index contributed by atoms with van der Waals surface area (Å²) in [5.74, 6) is 0.0678. The zero-order valence-corrected chi connectivity index (χ0v) is 12.6. The molecule has 2 aromatic heterocycles. The van der Waals surface area contributed by atoms with Crippen molar-refractivity contribution in [3.05, 3.63) is 41.6 Å². The monoisotopic (exact) mass is 318 g/mol. The number of aromatic nitrogens is 3. The van der Waals surface area contributed by atoms with E-state index in [1.807, 2.05) is 6.07 Å². The lowest BCUT2D eigenvalue weighted by Crippen LogP contribution is -2.49. The van der Waals surface area contributed by atoms with Gasteiger partial charge in [-0.2, -0.15) is 0 Å². The number of anilines is 2. The predicted molar refractivity (Wildman–Crippen MR) is 83.8 cm³/mol. The molecular formula is C14H15ClN6O. The van der Waals surface area contributed by atoms with E-state index in [1.165, 1.54) is 12.5 Å². The number of hydrogen-bond donors (Lipinski definition) is 1. The van der Waals surface area contributed by atoms with E-state index in [0.29, 0.717) is 36.8 Å². The van der Waals surface area contributed by atoms with Crippen LogP contribution in [0.1, 0.15) is 10.4 Å². The van der Waals surface area contributed by atoms with E-state index in [1.54, 1.807) is 17.3 Å². The Labute approximate surface area is 132 Å². The van der Waals surface area contributed by atoms with Gasteiger partial charge in [-0.15, -0.1) is 0 Å². The molecule has 1 fully saturated rings. The highest BCUT2D eigenvalue weighted by atomic mass is 35.5. The lowest BCUT2D eigenvalue weighted by molar-refractivity contribution is 0.0747. The molecule has 0 radical (unpaired) electrons. The van der Waals surface area contributed by atoms with E-state index in [4.69, 9.17) is 17.3 Å². The van der Waals surface area contributed by atoms with Gasteiger partial charge in [-0.05, 0) is 6.07 Å².